The summed E-state index contributed by atoms with van der Waals surface area (Å²) in [6, 6.07) is 5.82. The van der Waals surface area contributed by atoms with E-state index in [1.165, 1.54) is 48.6 Å². The zero-order valence-electron chi connectivity index (χ0n) is 22.2. The molecule has 0 bridgehead atoms. The molecule has 0 aliphatic heterocycles. The van der Waals surface area contributed by atoms with Gasteiger partial charge in [-0.05, 0) is 50.5 Å². The molecule has 1 aromatic heterocycles. The van der Waals surface area contributed by atoms with Gasteiger partial charge in [0.2, 0.25) is 20.0 Å². The van der Waals surface area contributed by atoms with Gasteiger partial charge in [-0.2, -0.15) is 0 Å². The highest BCUT2D eigenvalue weighted by Crippen LogP contribution is 2.37. The lowest BCUT2D eigenvalue weighted by Gasteiger charge is -2.18. The van der Waals surface area contributed by atoms with E-state index in [-0.39, 0.29) is 44.6 Å². The van der Waals surface area contributed by atoms with E-state index in [9.17, 15) is 21.6 Å². The van der Waals surface area contributed by atoms with Crippen molar-refractivity contribution in [3.8, 4) is 22.8 Å². The summed E-state index contributed by atoms with van der Waals surface area (Å²) in [6.45, 7) is 6.90. The fourth-order valence-corrected chi connectivity index (χ4v) is 6.27. The van der Waals surface area contributed by atoms with Crippen LogP contribution in [0.2, 0.25) is 0 Å². The molecule has 0 spiro atoms. The molecule has 4 N–H and O–H groups in total. The van der Waals surface area contributed by atoms with Crippen LogP contribution in [0.5, 0.6) is 11.5 Å². The standard InChI is InChI=1S/C24H31N5O7S2/c1-8-29-17(16-10-18(35-6)19(36-7)12-20(16)37(25,31)32)11-21(28(5)24(29)30)27-22-13(2)9-14(3)23(15(22)4)38(26,33)34/h9-12H,8H2,1-7H3,(H2,25,31,32)(H2,26,33,34). The average Bonchev–Trinajstić information content (AvgIpc) is 2.81. The van der Waals surface area contributed by atoms with Gasteiger partial charge in [0.1, 0.15) is 5.49 Å². The fraction of sp³-hybridized carbons (Fsp3) is 0.333. The lowest BCUT2D eigenvalue weighted by atomic mass is 10.1. The van der Waals surface area contributed by atoms with Gasteiger partial charge in [0.15, 0.2) is 11.5 Å². The first-order chi connectivity index (χ1) is 17.6. The van der Waals surface area contributed by atoms with Crippen molar-refractivity contribution in [1.82, 2.24) is 9.13 Å². The first-order valence-electron chi connectivity index (χ1n) is 11.3. The lowest BCUT2D eigenvalue weighted by Crippen LogP contribution is -2.38. The van der Waals surface area contributed by atoms with Gasteiger partial charge in [-0.15, -0.1) is 0 Å². The maximum atomic E-state index is 13.4. The molecule has 0 saturated heterocycles. The molecule has 0 saturated carbocycles. The number of benzene rings is 2. The number of hydrogen-bond acceptors (Lipinski definition) is 8. The van der Waals surface area contributed by atoms with Crippen molar-refractivity contribution in [3.05, 3.63) is 56.9 Å². The molecule has 0 fully saturated rings. The highest BCUT2D eigenvalue weighted by Gasteiger charge is 2.24. The van der Waals surface area contributed by atoms with Crippen LogP contribution >= 0.6 is 0 Å². The van der Waals surface area contributed by atoms with Gasteiger partial charge in [-0.25, -0.2) is 36.9 Å². The van der Waals surface area contributed by atoms with Crippen LogP contribution in [0, 0.1) is 20.8 Å². The molecule has 3 aromatic rings. The number of ether oxygens (including phenoxy) is 2. The van der Waals surface area contributed by atoms with Crippen LogP contribution in [-0.4, -0.2) is 40.2 Å². The number of primary sulfonamides is 2. The summed E-state index contributed by atoms with van der Waals surface area (Å²) < 4.78 is 62.9. The highest BCUT2D eigenvalue weighted by atomic mass is 32.2. The van der Waals surface area contributed by atoms with Crippen molar-refractivity contribution >= 4 is 25.7 Å². The molecular weight excluding hydrogens is 534 g/mol. The molecule has 12 nitrogen and oxygen atoms in total. The van der Waals surface area contributed by atoms with E-state index < -0.39 is 25.7 Å². The maximum Gasteiger partial charge on any atom is 0.329 e. The van der Waals surface area contributed by atoms with Crippen LogP contribution in [0.3, 0.4) is 0 Å². The van der Waals surface area contributed by atoms with Gasteiger partial charge in [-0.1, -0.05) is 6.07 Å². The van der Waals surface area contributed by atoms with Crippen LogP contribution in [0.15, 0.2) is 43.8 Å². The van der Waals surface area contributed by atoms with Crippen LogP contribution < -0.4 is 30.9 Å². The zero-order valence-corrected chi connectivity index (χ0v) is 23.8. The van der Waals surface area contributed by atoms with E-state index in [0.29, 0.717) is 22.4 Å². The number of methoxy groups -OCH3 is 2. The fourth-order valence-electron chi connectivity index (χ4n) is 4.49. The van der Waals surface area contributed by atoms with Crippen molar-refractivity contribution in [1.29, 1.82) is 0 Å². The molecule has 2 aromatic carbocycles. The molecule has 0 aliphatic rings. The Kier molecular flexibility index (Phi) is 7.94. The summed E-state index contributed by atoms with van der Waals surface area (Å²) in [4.78, 5) is 17.7. The van der Waals surface area contributed by atoms with Crippen molar-refractivity contribution in [2.45, 2.75) is 44.0 Å². The molecule has 3 rings (SSSR count). The molecule has 38 heavy (non-hydrogen) atoms. The SMILES string of the molecule is CCn1c(-c2cc(OC)c(OC)cc2S(N)(=O)=O)cc(=Nc2c(C)cc(C)c(S(N)(=O)=O)c2C)n(C)c1=O. The van der Waals surface area contributed by atoms with Gasteiger partial charge in [0, 0.05) is 31.3 Å². The second kappa shape index (κ2) is 10.4. The third-order valence-corrected chi connectivity index (χ3v) is 8.32. The average molecular weight is 566 g/mol. The van der Waals surface area contributed by atoms with E-state index in [2.05, 4.69) is 4.99 Å². The Hall–Kier alpha value is -3.46. The third-order valence-electron chi connectivity index (χ3n) is 6.17. The molecule has 0 unspecified atom stereocenters. The predicted molar refractivity (Wildman–Crippen MR) is 143 cm³/mol. The Labute approximate surface area is 221 Å². The van der Waals surface area contributed by atoms with Gasteiger partial charge in [0.25, 0.3) is 0 Å². The first-order valence-corrected chi connectivity index (χ1v) is 14.4. The number of nitrogens with two attached hydrogens (primary N) is 2. The second-order valence-corrected chi connectivity index (χ2v) is 11.7. The first kappa shape index (κ1) is 29.1. The molecule has 206 valence electrons. The van der Waals surface area contributed by atoms with Gasteiger partial charge < -0.3 is 9.47 Å². The van der Waals surface area contributed by atoms with Gasteiger partial charge >= 0.3 is 5.69 Å². The summed E-state index contributed by atoms with van der Waals surface area (Å²) in [7, 11) is -4.07. The monoisotopic (exact) mass is 565 g/mol. The molecule has 0 atom stereocenters. The summed E-state index contributed by atoms with van der Waals surface area (Å²) in [5.74, 6) is 0.359. The zero-order chi connectivity index (χ0) is 28.7. The molecular formula is C24H31N5O7S2. The van der Waals surface area contributed by atoms with Crippen LogP contribution in [0.4, 0.5) is 5.69 Å². The Balaban J connectivity index is 2.54. The summed E-state index contributed by atoms with van der Waals surface area (Å²) in [6.07, 6.45) is 0. The Morgan fingerprint density at radius 2 is 1.47 bits per heavy atom. The smallest absolute Gasteiger partial charge is 0.329 e. The highest BCUT2D eigenvalue weighted by molar-refractivity contribution is 7.89. The van der Waals surface area contributed by atoms with Crippen LogP contribution in [-0.2, 0) is 33.6 Å². The third kappa shape index (κ3) is 5.25. The van der Waals surface area contributed by atoms with Crippen molar-refractivity contribution in [2.75, 3.05) is 14.2 Å². The quantitative estimate of drug-likeness (QED) is 0.434. The summed E-state index contributed by atoms with van der Waals surface area (Å²) in [5.41, 5.74) is 1.71. The van der Waals surface area contributed by atoms with Crippen LogP contribution in [0.25, 0.3) is 11.3 Å². The maximum absolute atomic E-state index is 13.4. The Morgan fingerprint density at radius 1 is 0.895 bits per heavy atom. The van der Waals surface area contributed by atoms with E-state index in [1.54, 1.807) is 33.8 Å². The van der Waals surface area contributed by atoms with E-state index >= 15 is 0 Å². The number of hydrogen-bond donors (Lipinski definition) is 2. The number of rotatable bonds is 7. The molecule has 0 radical (unpaired) electrons. The number of nitrogens with zero attached hydrogens (tertiary/aromatic N) is 3. The number of aryl methyl sites for hydroxylation is 2. The van der Waals surface area contributed by atoms with Crippen LogP contribution in [0.1, 0.15) is 23.6 Å². The predicted octanol–water partition coefficient (Wildman–Crippen LogP) is 1.34. The van der Waals surface area contributed by atoms with Crippen molar-refractivity contribution in [2.24, 2.45) is 22.3 Å². The van der Waals surface area contributed by atoms with E-state index in [1.807, 2.05) is 0 Å². The second-order valence-electron chi connectivity index (χ2n) is 8.69. The van der Waals surface area contributed by atoms with E-state index in [4.69, 9.17) is 19.8 Å². The van der Waals surface area contributed by atoms with Crippen molar-refractivity contribution in [3.63, 3.8) is 0 Å². The minimum absolute atomic E-state index is 0.0528. The number of aromatic nitrogens is 2. The minimum atomic E-state index is -4.27. The topological polar surface area (TPSA) is 178 Å². The lowest BCUT2D eigenvalue weighted by molar-refractivity contribution is 0.354. The Bertz CT molecular complexity index is 1790. The van der Waals surface area contributed by atoms with Gasteiger partial charge in [-0.3, -0.25) is 9.13 Å². The molecule has 0 amide bonds. The summed E-state index contributed by atoms with van der Waals surface area (Å²) in [5, 5.41) is 11.0. The molecule has 0 aliphatic carbocycles. The molecule has 1 heterocycles. The largest absolute Gasteiger partial charge is 0.493 e. The molecule has 14 heteroatoms. The van der Waals surface area contributed by atoms with Crippen molar-refractivity contribution < 1.29 is 26.3 Å². The normalized spacial score (nSPS) is 12.6. The number of sulfonamides is 2. The van der Waals surface area contributed by atoms with Gasteiger partial charge in [0.05, 0.1) is 35.4 Å². The van der Waals surface area contributed by atoms with E-state index in [0.717, 1.165) is 0 Å². The minimum Gasteiger partial charge on any atom is -0.493 e. The Morgan fingerprint density at radius 3 is 1.97 bits per heavy atom. The summed E-state index contributed by atoms with van der Waals surface area (Å²) >= 11 is 0.